The molecule has 2 aromatic heterocycles. The number of amides is 2. The number of aliphatic hydroxyl groups is 2. The number of imidazole rings is 1. The number of ether oxygens (including phenoxy) is 1. The van der Waals surface area contributed by atoms with Gasteiger partial charge < -0.3 is 36.2 Å². The number of nitrogens with one attached hydrogen (secondary N) is 2. The van der Waals surface area contributed by atoms with Gasteiger partial charge in [-0.25, -0.2) is 19.7 Å². The first kappa shape index (κ1) is 25.8. The van der Waals surface area contributed by atoms with Crippen LogP contribution < -0.4 is 16.4 Å². The van der Waals surface area contributed by atoms with Crippen LogP contribution in [0.15, 0.2) is 36.9 Å². The molecule has 0 radical (unpaired) electrons. The number of anilines is 2. The first-order valence-electron chi connectivity index (χ1n) is 12.0. The summed E-state index contributed by atoms with van der Waals surface area (Å²) in [6, 6.07) is 7.55. The second-order valence-electron chi connectivity index (χ2n) is 9.40. The van der Waals surface area contributed by atoms with E-state index in [9.17, 15) is 15.0 Å². The molecule has 3 heterocycles. The maximum Gasteiger partial charge on any atom is 0.319 e. The predicted octanol–water partition coefficient (Wildman–Crippen LogP) is 1.29. The van der Waals surface area contributed by atoms with Crippen LogP contribution in [0.4, 0.5) is 16.3 Å². The minimum atomic E-state index is -1.16. The lowest BCUT2D eigenvalue weighted by Gasteiger charge is -2.22. The molecule has 4 rings (SSSR count). The summed E-state index contributed by atoms with van der Waals surface area (Å²) in [5.74, 6) is 0.670. The van der Waals surface area contributed by atoms with Gasteiger partial charge in [-0.15, -0.1) is 0 Å². The molecule has 12 heteroatoms. The van der Waals surface area contributed by atoms with Crippen molar-refractivity contribution in [2.75, 3.05) is 37.7 Å². The average molecular weight is 499 g/mol. The number of aromatic nitrogens is 4. The van der Waals surface area contributed by atoms with Crippen LogP contribution in [0, 0.1) is 0 Å². The number of benzene rings is 1. The van der Waals surface area contributed by atoms with Crippen molar-refractivity contribution >= 4 is 28.7 Å². The lowest BCUT2D eigenvalue weighted by Crippen LogP contribution is -2.39. The molecule has 1 saturated heterocycles. The zero-order chi connectivity index (χ0) is 25.8. The monoisotopic (exact) mass is 498 g/mol. The molecular formula is C24H34N8O4. The number of nitrogens with two attached hydrogens (primary N) is 1. The number of rotatable bonds is 9. The van der Waals surface area contributed by atoms with Gasteiger partial charge in [0, 0.05) is 18.8 Å². The van der Waals surface area contributed by atoms with Gasteiger partial charge in [-0.1, -0.05) is 26.0 Å². The molecule has 2 amide bonds. The molecule has 3 aromatic rings. The molecule has 12 nitrogen and oxygen atoms in total. The van der Waals surface area contributed by atoms with E-state index in [0.29, 0.717) is 43.1 Å². The number of carbonyl (C=O) groups excluding carboxylic acids is 1. The fraction of sp³-hybridized carbons (Fsp3) is 0.500. The first-order valence-corrected chi connectivity index (χ1v) is 12.0. The summed E-state index contributed by atoms with van der Waals surface area (Å²) >= 11 is 0. The van der Waals surface area contributed by atoms with Crippen molar-refractivity contribution in [2.24, 2.45) is 0 Å². The molecule has 1 aliphatic heterocycles. The normalized spacial score (nSPS) is 22.0. The van der Waals surface area contributed by atoms with Gasteiger partial charge in [-0.3, -0.25) is 4.57 Å². The second kappa shape index (κ2) is 11.2. The van der Waals surface area contributed by atoms with Crippen molar-refractivity contribution in [3.05, 3.63) is 42.5 Å². The lowest BCUT2D eigenvalue weighted by molar-refractivity contribution is -0.0421. The number of aliphatic hydroxyl groups excluding tert-OH is 2. The first-order chi connectivity index (χ1) is 17.2. The summed E-state index contributed by atoms with van der Waals surface area (Å²) in [6.45, 7) is 5.79. The summed E-state index contributed by atoms with van der Waals surface area (Å²) in [6.07, 6.45) is -0.216. The average Bonchev–Trinajstić information content (AvgIpc) is 3.39. The van der Waals surface area contributed by atoms with Crippen molar-refractivity contribution in [3.63, 3.8) is 0 Å². The molecule has 1 aliphatic rings. The van der Waals surface area contributed by atoms with Crippen molar-refractivity contribution < 1.29 is 19.7 Å². The second-order valence-corrected chi connectivity index (χ2v) is 9.40. The topological polar surface area (TPSA) is 164 Å². The third kappa shape index (κ3) is 5.73. The van der Waals surface area contributed by atoms with Crippen LogP contribution in [-0.2, 0) is 4.74 Å². The number of nitrogens with zero attached hydrogens (tertiary/aromatic N) is 5. The Morgan fingerprint density at radius 2 is 1.94 bits per heavy atom. The SMILES string of the molecule is CC(C)c1ccc(NC(=O)NCCCN(C)C[C@H]2O[C@@H](n3cnc4c(N)ncnc43)C(O)C2O)cc1. The van der Waals surface area contributed by atoms with E-state index in [4.69, 9.17) is 10.5 Å². The number of urea groups is 1. The molecule has 6 N–H and O–H groups in total. The van der Waals surface area contributed by atoms with Crippen LogP contribution in [-0.4, -0.2) is 85.7 Å². The Morgan fingerprint density at radius 1 is 1.19 bits per heavy atom. The fourth-order valence-corrected chi connectivity index (χ4v) is 4.24. The Balaban J connectivity index is 1.22. The quantitative estimate of drug-likeness (QED) is 0.274. The van der Waals surface area contributed by atoms with Gasteiger partial charge in [0.05, 0.1) is 6.33 Å². The van der Waals surface area contributed by atoms with Crippen LogP contribution in [0.2, 0.25) is 0 Å². The maximum atomic E-state index is 12.2. The Morgan fingerprint density at radius 3 is 2.67 bits per heavy atom. The third-order valence-corrected chi connectivity index (χ3v) is 6.33. The minimum absolute atomic E-state index is 0.231. The van der Waals surface area contributed by atoms with Crippen LogP contribution in [0.1, 0.15) is 38.0 Å². The predicted molar refractivity (Wildman–Crippen MR) is 135 cm³/mol. The van der Waals surface area contributed by atoms with Gasteiger partial charge in [-0.05, 0) is 43.6 Å². The minimum Gasteiger partial charge on any atom is -0.387 e. The molecule has 0 spiro atoms. The van der Waals surface area contributed by atoms with Crippen LogP contribution in [0.25, 0.3) is 11.2 Å². The van der Waals surface area contributed by atoms with E-state index < -0.39 is 24.5 Å². The van der Waals surface area contributed by atoms with Crippen molar-refractivity contribution in [1.82, 2.24) is 29.7 Å². The zero-order valence-corrected chi connectivity index (χ0v) is 20.7. The number of hydrogen-bond acceptors (Lipinski definition) is 9. The standard InChI is InChI=1S/C24H34N8O4/c1-14(2)15-5-7-16(8-6-15)30-24(35)26-9-4-10-31(3)11-17-19(33)20(34)23(36-17)32-13-29-18-21(25)27-12-28-22(18)32/h5-8,12-14,17,19-20,23,33-34H,4,9-11H2,1-3H3,(H2,25,27,28)(H2,26,30,35)/t17-,19?,20?,23-/m1/s1. The van der Waals surface area contributed by atoms with Gasteiger partial charge in [0.1, 0.15) is 30.2 Å². The van der Waals surface area contributed by atoms with E-state index in [1.165, 1.54) is 18.2 Å². The number of fused-ring (bicyclic) bond motifs is 1. The highest BCUT2D eigenvalue weighted by atomic mass is 16.6. The number of carbonyl (C=O) groups is 1. The molecule has 1 fully saturated rings. The summed E-state index contributed by atoms with van der Waals surface area (Å²) < 4.78 is 7.54. The van der Waals surface area contributed by atoms with Crippen LogP contribution in [0.5, 0.6) is 0 Å². The Hall–Kier alpha value is -3.32. The fourth-order valence-electron chi connectivity index (χ4n) is 4.24. The third-order valence-electron chi connectivity index (χ3n) is 6.33. The highest BCUT2D eigenvalue weighted by Crippen LogP contribution is 2.32. The van der Waals surface area contributed by atoms with Crippen molar-refractivity contribution in [3.8, 4) is 0 Å². The Kier molecular flexibility index (Phi) is 7.99. The number of likely N-dealkylation sites (N-methyl/N-ethyl adjacent to an activating group) is 1. The number of hydrogen-bond donors (Lipinski definition) is 5. The van der Waals surface area contributed by atoms with E-state index in [-0.39, 0.29) is 11.8 Å². The van der Waals surface area contributed by atoms with Crippen molar-refractivity contribution in [2.45, 2.75) is 50.7 Å². The van der Waals surface area contributed by atoms with E-state index in [0.717, 1.165) is 5.69 Å². The van der Waals surface area contributed by atoms with Gasteiger partial charge in [0.25, 0.3) is 0 Å². The zero-order valence-electron chi connectivity index (χ0n) is 20.7. The molecule has 194 valence electrons. The largest absolute Gasteiger partial charge is 0.387 e. The van der Waals surface area contributed by atoms with E-state index in [1.807, 2.05) is 36.2 Å². The summed E-state index contributed by atoms with van der Waals surface area (Å²) in [4.78, 5) is 26.4. The summed E-state index contributed by atoms with van der Waals surface area (Å²) in [7, 11) is 1.90. The Bertz CT molecular complexity index is 1170. The molecular weight excluding hydrogens is 464 g/mol. The Labute approximate surface area is 209 Å². The van der Waals surface area contributed by atoms with E-state index >= 15 is 0 Å². The molecule has 36 heavy (non-hydrogen) atoms. The van der Waals surface area contributed by atoms with E-state index in [1.54, 1.807) is 4.57 Å². The molecule has 0 aliphatic carbocycles. The molecule has 0 bridgehead atoms. The smallest absolute Gasteiger partial charge is 0.319 e. The molecule has 0 saturated carbocycles. The maximum absolute atomic E-state index is 12.2. The van der Waals surface area contributed by atoms with Crippen LogP contribution in [0.3, 0.4) is 0 Å². The van der Waals surface area contributed by atoms with Crippen molar-refractivity contribution in [1.29, 1.82) is 0 Å². The molecule has 1 aromatic carbocycles. The highest BCUT2D eigenvalue weighted by molar-refractivity contribution is 5.89. The van der Waals surface area contributed by atoms with Gasteiger partial charge >= 0.3 is 6.03 Å². The van der Waals surface area contributed by atoms with Gasteiger partial charge in [-0.2, -0.15) is 0 Å². The highest BCUT2D eigenvalue weighted by Gasteiger charge is 2.44. The number of nitrogen functional groups attached to an aromatic ring is 1. The van der Waals surface area contributed by atoms with Gasteiger partial charge in [0.2, 0.25) is 0 Å². The van der Waals surface area contributed by atoms with Crippen LogP contribution >= 0.6 is 0 Å². The summed E-state index contributed by atoms with van der Waals surface area (Å²) in [5.41, 5.74) is 8.63. The van der Waals surface area contributed by atoms with Gasteiger partial charge in [0.15, 0.2) is 17.7 Å². The lowest BCUT2D eigenvalue weighted by atomic mass is 10.0. The molecule has 2 unspecified atom stereocenters. The van der Waals surface area contributed by atoms with E-state index in [2.05, 4.69) is 39.4 Å². The molecule has 4 atom stereocenters. The summed E-state index contributed by atoms with van der Waals surface area (Å²) in [5, 5.41) is 26.9.